The molecule has 0 saturated carbocycles. The zero-order valence-electron chi connectivity index (χ0n) is 10.7. The van der Waals surface area contributed by atoms with Crippen molar-refractivity contribution in [1.82, 2.24) is 15.2 Å². The van der Waals surface area contributed by atoms with E-state index in [-0.39, 0.29) is 5.91 Å². The number of aromatic nitrogens is 1. The number of carbonyl (C=O) groups excluding carboxylic acids is 1. The van der Waals surface area contributed by atoms with Crippen LogP contribution in [0.4, 0.5) is 0 Å². The minimum Gasteiger partial charge on any atom is -0.351 e. The molecule has 0 aliphatic carbocycles. The van der Waals surface area contributed by atoms with Crippen molar-refractivity contribution in [3.8, 4) is 0 Å². The van der Waals surface area contributed by atoms with Crippen LogP contribution < -0.4 is 5.32 Å². The van der Waals surface area contributed by atoms with Crippen molar-refractivity contribution in [2.75, 3.05) is 19.6 Å². The number of amides is 1. The average molecular weight is 322 g/mol. The highest BCUT2D eigenvalue weighted by Gasteiger charge is 2.22. The summed E-state index contributed by atoms with van der Waals surface area (Å²) in [6.07, 6.45) is 0. The maximum Gasteiger partial charge on any atom is 0.270 e. The molecule has 1 aromatic carbocycles. The van der Waals surface area contributed by atoms with Gasteiger partial charge in [-0.3, -0.25) is 4.79 Å². The summed E-state index contributed by atoms with van der Waals surface area (Å²) in [4.78, 5) is 17.6. The van der Waals surface area contributed by atoms with Crippen LogP contribution in [0, 0.1) is 0 Å². The number of halogens is 1. The maximum atomic E-state index is 12.5. The summed E-state index contributed by atoms with van der Waals surface area (Å²) in [5.41, 5.74) is 1.66. The van der Waals surface area contributed by atoms with Gasteiger partial charge in [-0.15, -0.1) is 0 Å². The summed E-state index contributed by atoms with van der Waals surface area (Å²) in [6, 6.07) is 8.26. The molecule has 0 spiro atoms. The van der Waals surface area contributed by atoms with Crippen molar-refractivity contribution < 1.29 is 4.79 Å². The Balaban J connectivity index is 1.88. The van der Waals surface area contributed by atoms with E-state index in [0.29, 0.717) is 11.7 Å². The number of nitrogens with one attached hydrogen (secondary N) is 2. The quantitative estimate of drug-likeness (QED) is 0.847. The van der Waals surface area contributed by atoms with Crippen molar-refractivity contribution in [3.63, 3.8) is 0 Å². The molecule has 0 unspecified atom stereocenters. The molecule has 100 valence electrons. The number of benzene rings is 1. The first kappa shape index (κ1) is 12.7. The highest BCUT2D eigenvalue weighted by Crippen LogP contribution is 2.21. The van der Waals surface area contributed by atoms with Gasteiger partial charge in [0.1, 0.15) is 5.69 Å². The summed E-state index contributed by atoms with van der Waals surface area (Å²) < 4.78 is 1.02. The van der Waals surface area contributed by atoms with Crippen LogP contribution in [-0.2, 0) is 0 Å². The monoisotopic (exact) mass is 321 g/mol. The molecule has 1 amide bonds. The molecule has 4 nitrogen and oxygen atoms in total. The highest BCUT2D eigenvalue weighted by molar-refractivity contribution is 9.10. The van der Waals surface area contributed by atoms with Crippen LogP contribution in [0.2, 0.25) is 0 Å². The third kappa shape index (κ3) is 2.53. The maximum absolute atomic E-state index is 12.5. The normalized spacial score (nSPS) is 19.9. The fourth-order valence-corrected chi connectivity index (χ4v) is 2.88. The molecule has 1 aliphatic rings. The van der Waals surface area contributed by atoms with Crippen molar-refractivity contribution in [2.45, 2.75) is 13.0 Å². The lowest BCUT2D eigenvalue weighted by Gasteiger charge is -2.31. The van der Waals surface area contributed by atoms with Gasteiger partial charge in [-0.1, -0.05) is 15.9 Å². The zero-order chi connectivity index (χ0) is 13.4. The van der Waals surface area contributed by atoms with E-state index in [9.17, 15) is 4.79 Å². The fourth-order valence-electron chi connectivity index (χ4n) is 2.51. The molecule has 5 heteroatoms. The zero-order valence-corrected chi connectivity index (χ0v) is 12.3. The molecule has 2 heterocycles. The van der Waals surface area contributed by atoms with E-state index in [2.05, 4.69) is 33.2 Å². The van der Waals surface area contributed by atoms with Crippen LogP contribution >= 0.6 is 15.9 Å². The Morgan fingerprint density at radius 2 is 2.26 bits per heavy atom. The fraction of sp³-hybridized carbons (Fsp3) is 0.357. The molecule has 0 radical (unpaired) electrons. The van der Waals surface area contributed by atoms with Crippen LogP contribution in [0.15, 0.2) is 28.7 Å². The SMILES string of the molecule is C[C@@H]1CN(C(=O)c2cc3cc(Br)ccc3[nH]2)CCN1. The molecule has 0 bridgehead atoms. The third-order valence-electron chi connectivity index (χ3n) is 3.47. The summed E-state index contributed by atoms with van der Waals surface area (Å²) in [7, 11) is 0. The number of aromatic amines is 1. The van der Waals surface area contributed by atoms with E-state index >= 15 is 0 Å². The minimum absolute atomic E-state index is 0.0840. The molecule has 1 aromatic heterocycles. The number of nitrogens with zero attached hydrogens (tertiary/aromatic N) is 1. The number of piperazine rings is 1. The Morgan fingerprint density at radius 3 is 3.05 bits per heavy atom. The molecule has 1 atom stereocenters. The van der Waals surface area contributed by atoms with E-state index in [4.69, 9.17) is 0 Å². The Labute approximate surface area is 120 Å². The van der Waals surface area contributed by atoms with Crippen molar-refractivity contribution in [1.29, 1.82) is 0 Å². The molecule has 1 fully saturated rings. The van der Waals surface area contributed by atoms with Gasteiger partial charge in [0.25, 0.3) is 5.91 Å². The second-order valence-corrected chi connectivity index (χ2v) is 5.94. The Kier molecular flexibility index (Phi) is 3.33. The van der Waals surface area contributed by atoms with Crippen LogP contribution in [-0.4, -0.2) is 41.5 Å². The first-order chi connectivity index (χ1) is 9.13. The minimum atomic E-state index is 0.0840. The third-order valence-corrected chi connectivity index (χ3v) is 3.96. The van der Waals surface area contributed by atoms with E-state index < -0.39 is 0 Å². The predicted octanol–water partition coefficient (Wildman–Crippen LogP) is 2.36. The van der Waals surface area contributed by atoms with E-state index in [1.165, 1.54) is 0 Å². The van der Waals surface area contributed by atoms with Crippen molar-refractivity contribution in [2.24, 2.45) is 0 Å². The highest BCUT2D eigenvalue weighted by atomic mass is 79.9. The van der Waals surface area contributed by atoms with Gasteiger partial charge in [-0.25, -0.2) is 0 Å². The Hall–Kier alpha value is -1.33. The van der Waals surface area contributed by atoms with Crippen molar-refractivity contribution in [3.05, 3.63) is 34.4 Å². The summed E-state index contributed by atoms with van der Waals surface area (Å²) in [5.74, 6) is 0.0840. The van der Waals surface area contributed by atoms with Gasteiger partial charge in [-0.2, -0.15) is 0 Å². The molecule has 3 rings (SSSR count). The molecular formula is C14H16BrN3O. The van der Waals surface area contributed by atoms with Gasteiger partial charge in [0.05, 0.1) is 0 Å². The number of rotatable bonds is 1. The molecular weight excluding hydrogens is 306 g/mol. The molecule has 19 heavy (non-hydrogen) atoms. The van der Waals surface area contributed by atoms with E-state index in [1.54, 1.807) is 0 Å². The smallest absolute Gasteiger partial charge is 0.270 e. The Bertz CT molecular complexity index is 622. The molecule has 2 aromatic rings. The van der Waals surface area contributed by atoms with Crippen molar-refractivity contribution >= 4 is 32.7 Å². The lowest BCUT2D eigenvalue weighted by atomic mass is 10.2. The number of hydrogen-bond donors (Lipinski definition) is 2. The molecule has 1 saturated heterocycles. The van der Waals surface area contributed by atoms with Crippen LogP contribution in [0.1, 0.15) is 17.4 Å². The van der Waals surface area contributed by atoms with E-state index in [1.807, 2.05) is 29.2 Å². The van der Waals surface area contributed by atoms with Crippen LogP contribution in [0.25, 0.3) is 10.9 Å². The lowest BCUT2D eigenvalue weighted by molar-refractivity contribution is 0.0704. The number of H-pyrrole nitrogens is 1. The number of carbonyl (C=O) groups is 1. The lowest BCUT2D eigenvalue weighted by Crippen LogP contribution is -2.51. The summed E-state index contributed by atoms with van der Waals surface area (Å²) >= 11 is 3.45. The number of fused-ring (bicyclic) bond motifs is 1. The summed E-state index contributed by atoms with van der Waals surface area (Å²) in [5, 5.41) is 4.40. The molecule has 1 aliphatic heterocycles. The van der Waals surface area contributed by atoms with Gasteiger partial charge in [0.2, 0.25) is 0 Å². The second-order valence-electron chi connectivity index (χ2n) is 5.02. The van der Waals surface area contributed by atoms with Gasteiger partial charge < -0.3 is 15.2 Å². The van der Waals surface area contributed by atoms with Gasteiger partial charge in [-0.05, 0) is 31.2 Å². The Morgan fingerprint density at radius 1 is 1.42 bits per heavy atom. The first-order valence-electron chi connectivity index (χ1n) is 6.44. The molecule has 2 N–H and O–H groups in total. The van der Waals surface area contributed by atoms with Gasteiger partial charge in [0, 0.05) is 41.1 Å². The standard InChI is InChI=1S/C14H16BrN3O/c1-9-8-18(5-4-16-9)14(19)13-7-10-6-11(15)2-3-12(10)17-13/h2-3,6-7,9,16-17H,4-5,8H2,1H3/t9-/m1/s1. The number of hydrogen-bond acceptors (Lipinski definition) is 2. The second kappa shape index (κ2) is 4.98. The predicted molar refractivity (Wildman–Crippen MR) is 79.4 cm³/mol. The van der Waals surface area contributed by atoms with Gasteiger partial charge in [0.15, 0.2) is 0 Å². The average Bonchev–Trinajstić information content (AvgIpc) is 2.80. The first-order valence-corrected chi connectivity index (χ1v) is 7.24. The summed E-state index contributed by atoms with van der Waals surface area (Å²) in [6.45, 7) is 4.49. The topological polar surface area (TPSA) is 48.1 Å². The van der Waals surface area contributed by atoms with E-state index in [0.717, 1.165) is 35.0 Å². The van der Waals surface area contributed by atoms with Crippen LogP contribution in [0.3, 0.4) is 0 Å². The largest absolute Gasteiger partial charge is 0.351 e. The van der Waals surface area contributed by atoms with Gasteiger partial charge >= 0.3 is 0 Å². The van der Waals surface area contributed by atoms with Crippen LogP contribution in [0.5, 0.6) is 0 Å².